The first kappa shape index (κ1) is 31.9. The summed E-state index contributed by atoms with van der Waals surface area (Å²) in [5.41, 5.74) is 12.4. The number of nitrogens with zero attached hydrogens (tertiary/aromatic N) is 4. The van der Waals surface area contributed by atoms with Gasteiger partial charge in [-0.15, -0.1) is 0 Å². The van der Waals surface area contributed by atoms with Crippen molar-refractivity contribution >= 4 is 43.7 Å². The number of fused-ring (bicyclic) bond motifs is 6. The van der Waals surface area contributed by atoms with E-state index in [9.17, 15) is 0 Å². The molecule has 5 nitrogen and oxygen atoms in total. The van der Waals surface area contributed by atoms with Gasteiger partial charge in [-0.1, -0.05) is 158 Å². The minimum absolute atomic E-state index is 0.590. The van der Waals surface area contributed by atoms with Crippen LogP contribution in [-0.4, -0.2) is 19.5 Å². The predicted molar refractivity (Wildman–Crippen MR) is 229 cm³/mol. The van der Waals surface area contributed by atoms with Crippen molar-refractivity contribution in [3.63, 3.8) is 0 Å². The Morgan fingerprint density at radius 1 is 0.357 bits per heavy atom. The summed E-state index contributed by atoms with van der Waals surface area (Å²) in [5, 5.41) is 4.56. The predicted octanol–water partition coefficient (Wildman–Crippen LogP) is 13.2. The molecule has 0 fully saturated rings. The molecule has 0 bridgehead atoms. The quantitative estimate of drug-likeness (QED) is 0.172. The van der Waals surface area contributed by atoms with Gasteiger partial charge in [0.1, 0.15) is 11.2 Å². The molecule has 11 aromatic rings. The molecule has 56 heavy (non-hydrogen) atoms. The molecule has 0 N–H and O–H groups in total. The van der Waals surface area contributed by atoms with E-state index in [0.29, 0.717) is 17.5 Å². The maximum atomic E-state index is 6.66. The lowest BCUT2D eigenvalue weighted by atomic mass is 9.91. The lowest BCUT2D eigenvalue weighted by Gasteiger charge is -2.15. The van der Waals surface area contributed by atoms with Crippen LogP contribution in [-0.2, 0) is 0 Å². The van der Waals surface area contributed by atoms with Crippen LogP contribution in [0.4, 0.5) is 0 Å². The number of benzene rings is 8. The number of para-hydroxylation sites is 3. The van der Waals surface area contributed by atoms with Crippen LogP contribution >= 0.6 is 0 Å². The molecule has 3 aromatic heterocycles. The fourth-order valence-electron chi connectivity index (χ4n) is 8.16. The van der Waals surface area contributed by atoms with E-state index >= 15 is 0 Å². The van der Waals surface area contributed by atoms with Crippen LogP contribution in [0.2, 0.25) is 0 Å². The summed E-state index contributed by atoms with van der Waals surface area (Å²) in [6.45, 7) is 0. The van der Waals surface area contributed by atoms with Crippen LogP contribution in [0.3, 0.4) is 0 Å². The van der Waals surface area contributed by atoms with Crippen molar-refractivity contribution < 1.29 is 4.42 Å². The third-order valence-corrected chi connectivity index (χ3v) is 10.7. The second-order valence-corrected chi connectivity index (χ2v) is 14.0. The lowest BCUT2D eigenvalue weighted by molar-refractivity contribution is 0.669. The Bertz CT molecular complexity index is 3180. The van der Waals surface area contributed by atoms with Crippen molar-refractivity contribution in [3.05, 3.63) is 194 Å². The summed E-state index contributed by atoms with van der Waals surface area (Å²) in [7, 11) is 0. The van der Waals surface area contributed by atoms with Gasteiger partial charge < -0.3 is 8.98 Å². The van der Waals surface area contributed by atoms with Gasteiger partial charge in [0, 0.05) is 49.5 Å². The molecule has 11 rings (SSSR count). The van der Waals surface area contributed by atoms with Crippen LogP contribution in [0.5, 0.6) is 0 Å². The molecule has 0 spiro atoms. The van der Waals surface area contributed by atoms with Crippen LogP contribution < -0.4 is 0 Å². The number of rotatable bonds is 6. The molecular formula is C51H32N4O. The van der Waals surface area contributed by atoms with E-state index in [-0.39, 0.29) is 0 Å². The third-order valence-electron chi connectivity index (χ3n) is 10.7. The zero-order valence-corrected chi connectivity index (χ0v) is 30.2. The highest BCUT2D eigenvalue weighted by Gasteiger charge is 2.21. The van der Waals surface area contributed by atoms with Gasteiger partial charge in [-0.25, -0.2) is 15.0 Å². The zero-order valence-electron chi connectivity index (χ0n) is 30.2. The number of hydrogen-bond acceptors (Lipinski definition) is 4. The fourth-order valence-corrected chi connectivity index (χ4v) is 8.16. The smallest absolute Gasteiger partial charge is 0.164 e. The first-order valence-corrected chi connectivity index (χ1v) is 18.8. The molecule has 0 saturated carbocycles. The van der Waals surface area contributed by atoms with Gasteiger partial charge in [0.25, 0.3) is 0 Å². The van der Waals surface area contributed by atoms with Gasteiger partial charge in [-0.05, 0) is 53.1 Å². The normalized spacial score (nSPS) is 11.6. The Labute approximate surface area is 322 Å². The Morgan fingerprint density at radius 3 is 1.61 bits per heavy atom. The summed E-state index contributed by atoms with van der Waals surface area (Å²) in [4.78, 5) is 14.8. The Balaban J connectivity index is 1.09. The van der Waals surface area contributed by atoms with Gasteiger partial charge in [-0.2, -0.15) is 0 Å². The van der Waals surface area contributed by atoms with Crippen LogP contribution in [0, 0.1) is 0 Å². The van der Waals surface area contributed by atoms with Crippen LogP contribution in [0.1, 0.15) is 0 Å². The van der Waals surface area contributed by atoms with Gasteiger partial charge >= 0.3 is 0 Å². The highest BCUT2D eigenvalue weighted by molar-refractivity contribution is 6.17. The summed E-state index contributed by atoms with van der Waals surface area (Å²) in [6.07, 6.45) is 0. The van der Waals surface area contributed by atoms with Crippen molar-refractivity contribution in [1.29, 1.82) is 0 Å². The summed E-state index contributed by atoms with van der Waals surface area (Å²) in [6, 6.07) is 67.5. The van der Waals surface area contributed by atoms with Gasteiger partial charge in [0.15, 0.2) is 17.5 Å². The van der Waals surface area contributed by atoms with Crippen molar-refractivity contribution in [2.45, 2.75) is 0 Å². The molecule has 0 aliphatic rings. The average Bonchev–Trinajstić information content (AvgIpc) is 3.83. The van der Waals surface area contributed by atoms with E-state index in [1.54, 1.807) is 0 Å². The Morgan fingerprint density at radius 2 is 0.893 bits per heavy atom. The Hall–Kier alpha value is -7.63. The molecule has 0 unspecified atom stereocenters. The SMILES string of the molecule is c1ccc(-c2nc(-c3ccccc3)nc(-c3ccc4c(c3)oc3cccc(-c5ccccc5-c5cccc6c7ccccc7n(-c7ccccc7)c56)c34)n2)cc1. The summed E-state index contributed by atoms with van der Waals surface area (Å²) >= 11 is 0. The maximum absolute atomic E-state index is 6.66. The zero-order chi connectivity index (χ0) is 37.0. The molecular weight excluding hydrogens is 685 g/mol. The molecule has 0 saturated heterocycles. The highest BCUT2D eigenvalue weighted by Crippen LogP contribution is 2.44. The standard InChI is InChI=1S/C51H32N4O/c1-4-16-33(17-5-1)49-52-50(34-18-6-2-7-19-34)54-51(53-49)35-30-31-43-46(32-35)56-45-29-15-25-40(47(43)45)37-22-10-11-23-38(37)41-26-14-27-42-39-24-12-13-28-44(39)55(48(41)42)36-20-8-3-9-21-36/h1-32H. The molecule has 3 heterocycles. The lowest BCUT2D eigenvalue weighted by Crippen LogP contribution is -2.00. The largest absolute Gasteiger partial charge is 0.456 e. The third kappa shape index (κ3) is 5.21. The first-order chi connectivity index (χ1) is 27.8. The molecule has 0 radical (unpaired) electrons. The molecule has 262 valence electrons. The molecule has 0 atom stereocenters. The van der Waals surface area contributed by atoms with Crippen molar-refractivity contribution in [2.24, 2.45) is 0 Å². The molecule has 5 heteroatoms. The van der Waals surface area contributed by atoms with Crippen molar-refractivity contribution in [2.75, 3.05) is 0 Å². The van der Waals surface area contributed by atoms with E-state index < -0.39 is 0 Å². The van der Waals surface area contributed by atoms with Gasteiger partial charge in [0.05, 0.1) is 11.0 Å². The van der Waals surface area contributed by atoms with E-state index in [2.05, 4.69) is 138 Å². The van der Waals surface area contributed by atoms with E-state index in [0.717, 1.165) is 61.0 Å². The second-order valence-electron chi connectivity index (χ2n) is 14.0. The molecule has 8 aromatic carbocycles. The van der Waals surface area contributed by atoms with Gasteiger partial charge in [0.2, 0.25) is 0 Å². The second kappa shape index (κ2) is 13.0. The van der Waals surface area contributed by atoms with Crippen molar-refractivity contribution in [1.82, 2.24) is 19.5 Å². The van der Waals surface area contributed by atoms with E-state index in [1.807, 2.05) is 60.7 Å². The summed E-state index contributed by atoms with van der Waals surface area (Å²) in [5.74, 6) is 1.84. The number of hydrogen-bond donors (Lipinski definition) is 0. The number of furan rings is 1. The molecule has 0 aliphatic carbocycles. The summed E-state index contributed by atoms with van der Waals surface area (Å²) < 4.78 is 9.07. The maximum Gasteiger partial charge on any atom is 0.164 e. The fraction of sp³-hybridized carbons (Fsp3) is 0. The molecule has 0 aliphatic heterocycles. The van der Waals surface area contributed by atoms with Gasteiger partial charge in [-0.3, -0.25) is 0 Å². The van der Waals surface area contributed by atoms with Crippen molar-refractivity contribution in [3.8, 4) is 62.1 Å². The van der Waals surface area contributed by atoms with E-state index in [4.69, 9.17) is 19.4 Å². The van der Waals surface area contributed by atoms with Crippen LogP contribution in [0.15, 0.2) is 199 Å². The van der Waals surface area contributed by atoms with E-state index in [1.165, 1.54) is 27.4 Å². The minimum Gasteiger partial charge on any atom is -0.456 e. The van der Waals surface area contributed by atoms with Crippen LogP contribution in [0.25, 0.3) is 106 Å². The Kier molecular flexibility index (Phi) is 7.42. The number of aromatic nitrogens is 4. The monoisotopic (exact) mass is 716 g/mol. The average molecular weight is 717 g/mol. The highest BCUT2D eigenvalue weighted by atomic mass is 16.3. The minimum atomic E-state index is 0.590. The molecule has 0 amide bonds. The topological polar surface area (TPSA) is 56.7 Å². The first-order valence-electron chi connectivity index (χ1n) is 18.8.